The molecule has 0 saturated heterocycles. The summed E-state index contributed by atoms with van der Waals surface area (Å²) in [6, 6.07) is 34.0. The maximum atomic E-state index is 2.94. The molecule has 1 saturated carbocycles. The third kappa shape index (κ3) is 4.76. The lowest BCUT2D eigenvalue weighted by Gasteiger charge is -2.32. The minimum absolute atomic E-state index is 0.845. The molecule has 0 spiro atoms. The Kier molecular flexibility index (Phi) is 8.31. The summed E-state index contributed by atoms with van der Waals surface area (Å²) in [6.07, 6.45) is 8.34. The van der Waals surface area contributed by atoms with Crippen molar-refractivity contribution in [3.05, 3.63) is 91.0 Å². The van der Waals surface area contributed by atoms with Gasteiger partial charge in [-0.1, -0.05) is 89.8 Å². The average molecular weight is 454 g/mol. The fourth-order valence-electron chi connectivity index (χ4n) is 4.57. The largest absolute Gasteiger partial charge is 0.112 e. The topological polar surface area (TPSA) is 0 Å². The van der Waals surface area contributed by atoms with Crippen molar-refractivity contribution >= 4 is 39.1 Å². The van der Waals surface area contributed by atoms with Gasteiger partial charge in [-0.3, -0.25) is 0 Å². The summed E-state index contributed by atoms with van der Waals surface area (Å²) in [7, 11) is -1.62. The van der Waals surface area contributed by atoms with Crippen LogP contribution < -0.4 is 15.9 Å². The van der Waals surface area contributed by atoms with E-state index >= 15 is 0 Å². The van der Waals surface area contributed by atoms with E-state index in [2.05, 4.69) is 107 Å². The zero-order chi connectivity index (χ0) is 19.7. The van der Waals surface area contributed by atoms with Gasteiger partial charge in [0.25, 0.3) is 0 Å². The molecule has 0 bridgehead atoms. The monoisotopic (exact) mass is 453 g/mol. The van der Waals surface area contributed by atoms with E-state index in [1.165, 1.54) is 54.2 Å². The van der Waals surface area contributed by atoms with Crippen molar-refractivity contribution in [2.45, 2.75) is 32.1 Å². The minimum Gasteiger partial charge on any atom is -0.0966 e. The molecule has 0 radical (unpaired) electrons. The van der Waals surface area contributed by atoms with E-state index in [0.717, 1.165) is 5.92 Å². The number of benzene rings is 3. The Morgan fingerprint density at radius 2 is 0.964 bits per heavy atom. The molecule has 146 valence electrons. The molecule has 0 amide bonds. The highest BCUT2D eigenvalue weighted by Gasteiger charge is 2.46. The maximum Gasteiger partial charge on any atom is 0.112 e. The van der Waals surface area contributed by atoms with E-state index in [4.69, 9.17) is 0 Å². The van der Waals surface area contributed by atoms with Crippen molar-refractivity contribution < 1.29 is 0 Å². The summed E-state index contributed by atoms with van der Waals surface area (Å²) in [4.78, 5) is 0. The van der Waals surface area contributed by atoms with Crippen LogP contribution in [0.25, 0.3) is 0 Å². The highest BCUT2D eigenvalue weighted by atomic mass is 79.9. The average Bonchev–Trinajstić information content (AvgIpc) is 2.81. The fourth-order valence-corrected chi connectivity index (χ4v) is 9.28. The number of halogens is 1. The first-order valence-corrected chi connectivity index (χ1v) is 13.9. The second-order valence-electron chi connectivity index (χ2n) is 7.50. The summed E-state index contributed by atoms with van der Waals surface area (Å²) in [5.74, 6) is 2.66. The Balaban J connectivity index is 0.00000109. The molecule has 0 unspecified atom stereocenters. The molecular formula is C26H31BrP+. The highest BCUT2D eigenvalue weighted by Crippen LogP contribution is 2.57. The van der Waals surface area contributed by atoms with Crippen LogP contribution in [0.1, 0.15) is 32.1 Å². The first-order chi connectivity index (χ1) is 13.9. The third-order valence-electron chi connectivity index (χ3n) is 5.85. The molecule has 0 heterocycles. The molecule has 0 aliphatic heterocycles. The molecular weight excluding hydrogens is 423 g/mol. The van der Waals surface area contributed by atoms with E-state index in [9.17, 15) is 0 Å². The van der Waals surface area contributed by atoms with Crippen LogP contribution in [0.3, 0.4) is 0 Å². The number of rotatable bonds is 5. The van der Waals surface area contributed by atoms with Crippen molar-refractivity contribution in [3.8, 4) is 0 Å². The zero-order valence-electron chi connectivity index (χ0n) is 16.8. The molecule has 0 nitrogen and oxygen atoms in total. The number of hydrogen-bond acceptors (Lipinski definition) is 0. The molecule has 28 heavy (non-hydrogen) atoms. The number of alkyl halides is 1. The van der Waals surface area contributed by atoms with Crippen molar-refractivity contribution in [3.63, 3.8) is 0 Å². The first-order valence-electron chi connectivity index (χ1n) is 10.3. The van der Waals surface area contributed by atoms with Gasteiger partial charge in [0, 0.05) is 0 Å². The Bertz CT molecular complexity index is 699. The summed E-state index contributed by atoms with van der Waals surface area (Å²) in [5.41, 5.74) is 0. The maximum absolute atomic E-state index is 2.94. The zero-order valence-corrected chi connectivity index (χ0v) is 19.3. The number of hydrogen-bond donors (Lipinski definition) is 0. The van der Waals surface area contributed by atoms with Crippen LogP contribution in [0.15, 0.2) is 91.0 Å². The van der Waals surface area contributed by atoms with Gasteiger partial charge in [-0.2, -0.15) is 0 Å². The van der Waals surface area contributed by atoms with E-state index in [1.807, 2.05) is 5.83 Å². The van der Waals surface area contributed by atoms with Crippen LogP contribution in [0.2, 0.25) is 0 Å². The van der Waals surface area contributed by atoms with Gasteiger partial charge in [-0.15, -0.1) is 0 Å². The van der Waals surface area contributed by atoms with Crippen LogP contribution >= 0.6 is 23.2 Å². The molecule has 0 aromatic heterocycles. The standard InChI is InChI=1S/C25H28P.CH3Br/c1-5-13-22(14-6-1)21-26(23-15-7-2-8-16-23,24-17-9-3-10-18-24)25-19-11-4-12-20-25;1-2/h2-4,7-12,15-20,22H,1,5-6,13-14,21H2;1H3/q+1;. The summed E-state index contributed by atoms with van der Waals surface area (Å²) >= 11 is 2.94. The second kappa shape index (κ2) is 10.9. The lowest BCUT2D eigenvalue weighted by Crippen LogP contribution is -2.36. The fraction of sp³-hybridized carbons (Fsp3) is 0.308. The lowest BCUT2D eigenvalue weighted by molar-refractivity contribution is 0.389. The van der Waals surface area contributed by atoms with Crippen LogP contribution in [-0.2, 0) is 0 Å². The van der Waals surface area contributed by atoms with Gasteiger partial charge in [0.2, 0.25) is 0 Å². The van der Waals surface area contributed by atoms with Crippen LogP contribution in [-0.4, -0.2) is 12.0 Å². The van der Waals surface area contributed by atoms with Crippen molar-refractivity contribution in [1.29, 1.82) is 0 Å². The quantitative estimate of drug-likeness (QED) is 0.302. The van der Waals surface area contributed by atoms with Gasteiger partial charge in [-0.25, -0.2) is 0 Å². The highest BCUT2D eigenvalue weighted by molar-refractivity contribution is 9.08. The minimum atomic E-state index is -1.62. The molecule has 0 N–H and O–H groups in total. The summed E-state index contributed by atoms with van der Waals surface area (Å²) in [6.45, 7) is 0. The van der Waals surface area contributed by atoms with E-state index in [0.29, 0.717) is 0 Å². The van der Waals surface area contributed by atoms with Gasteiger partial charge in [0.05, 0.1) is 6.16 Å². The predicted molar refractivity (Wildman–Crippen MR) is 131 cm³/mol. The SMILES string of the molecule is CBr.c1ccc([P+](CC2CCCCC2)(c2ccccc2)c2ccccc2)cc1. The van der Waals surface area contributed by atoms with Crippen molar-refractivity contribution in [2.24, 2.45) is 5.92 Å². The van der Waals surface area contributed by atoms with Crippen molar-refractivity contribution in [2.75, 3.05) is 12.0 Å². The summed E-state index contributed by atoms with van der Waals surface area (Å²) in [5, 5.41) is 4.59. The van der Waals surface area contributed by atoms with Crippen LogP contribution in [0, 0.1) is 5.92 Å². The van der Waals surface area contributed by atoms with E-state index < -0.39 is 7.26 Å². The molecule has 4 rings (SSSR count). The van der Waals surface area contributed by atoms with Gasteiger partial charge >= 0.3 is 0 Å². The van der Waals surface area contributed by atoms with Crippen LogP contribution in [0.5, 0.6) is 0 Å². The Morgan fingerprint density at radius 1 is 0.607 bits per heavy atom. The molecule has 3 aromatic rings. The molecule has 2 heteroatoms. The van der Waals surface area contributed by atoms with Gasteiger partial charge in [0.1, 0.15) is 23.2 Å². The van der Waals surface area contributed by atoms with E-state index in [1.54, 1.807) is 0 Å². The molecule has 3 aromatic carbocycles. The Morgan fingerprint density at radius 3 is 1.32 bits per heavy atom. The third-order valence-corrected chi connectivity index (χ3v) is 10.5. The first kappa shape index (κ1) is 21.3. The molecule has 1 aliphatic carbocycles. The van der Waals surface area contributed by atoms with Gasteiger partial charge in [0.15, 0.2) is 0 Å². The Hall–Kier alpha value is -1.43. The molecule has 0 atom stereocenters. The van der Waals surface area contributed by atoms with Crippen molar-refractivity contribution in [1.82, 2.24) is 0 Å². The second-order valence-corrected chi connectivity index (χ2v) is 11.0. The molecule has 1 aliphatic rings. The Labute approximate surface area is 179 Å². The molecule has 1 fully saturated rings. The lowest BCUT2D eigenvalue weighted by atomic mass is 9.91. The smallest absolute Gasteiger partial charge is 0.0966 e. The van der Waals surface area contributed by atoms with Gasteiger partial charge < -0.3 is 0 Å². The summed E-state index contributed by atoms with van der Waals surface area (Å²) < 4.78 is 0. The van der Waals surface area contributed by atoms with Crippen LogP contribution in [0.4, 0.5) is 0 Å². The predicted octanol–water partition coefficient (Wildman–Crippen LogP) is 6.57. The van der Waals surface area contributed by atoms with Gasteiger partial charge in [-0.05, 0) is 61.0 Å². The van der Waals surface area contributed by atoms with E-state index in [-0.39, 0.29) is 0 Å². The normalized spacial score (nSPS) is 14.8.